The molecular formula is C14H18N2O4. The number of carbonyl (C=O) groups excluding carboxylic acids is 1. The number of amides is 1. The Morgan fingerprint density at radius 3 is 2.60 bits per heavy atom. The van der Waals surface area contributed by atoms with E-state index < -0.39 is 0 Å². The van der Waals surface area contributed by atoms with Crippen molar-refractivity contribution < 1.29 is 19.0 Å². The van der Waals surface area contributed by atoms with E-state index in [1.165, 1.54) is 0 Å². The Labute approximate surface area is 117 Å². The molecule has 108 valence electrons. The molecule has 0 bridgehead atoms. The molecule has 20 heavy (non-hydrogen) atoms. The lowest BCUT2D eigenvalue weighted by Gasteiger charge is -2.31. The lowest BCUT2D eigenvalue weighted by atomic mass is 10.1. The molecule has 0 aliphatic carbocycles. The molecule has 1 saturated heterocycles. The zero-order valence-electron chi connectivity index (χ0n) is 11.4. The maximum Gasteiger partial charge on any atom is 0.256 e. The summed E-state index contributed by atoms with van der Waals surface area (Å²) in [6.07, 6.45) is 1.71. The highest BCUT2D eigenvalue weighted by Gasteiger charge is 2.26. The number of carbonyl (C=O) groups is 1. The first-order valence-electron chi connectivity index (χ1n) is 6.71. The van der Waals surface area contributed by atoms with Crippen LogP contribution in [0.4, 0.5) is 5.69 Å². The molecular weight excluding hydrogens is 260 g/mol. The third-order valence-electron chi connectivity index (χ3n) is 3.83. The molecule has 1 aromatic rings. The molecule has 0 radical (unpaired) electrons. The number of benzene rings is 1. The van der Waals surface area contributed by atoms with E-state index in [4.69, 9.17) is 19.9 Å². The number of rotatable bonds is 2. The van der Waals surface area contributed by atoms with E-state index in [1.54, 1.807) is 17.0 Å². The minimum Gasteiger partial charge on any atom is -0.454 e. The van der Waals surface area contributed by atoms with Crippen molar-refractivity contribution in [3.63, 3.8) is 0 Å². The first-order valence-corrected chi connectivity index (χ1v) is 6.71. The van der Waals surface area contributed by atoms with Gasteiger partial charge >= 0.3 is 0 Å². The van der Waals surface area contributed by atoms with E-state index in [0.29, 0.717) is 36.0 Å². The molecule has 0 unspecified atom stereocenters. The van der Waals surface area contributed by atoms with Crippen LogP contribution in [0.2, 0.25) is 0 Å². The lowest BCUT2D eigenvalue weighted by molar-refractivity contribution is 0.0362. The first-order chi connectivity index (χ1) is 9.66. The Balaban J connectivity index is 1.82. The highest BCUT2D eigenvalue weighted by Crippen LogP contribution is 2.36. The number of nitrogens with zero attached hydrogens (tertiary/aromatic N) is 1. The standard InChI is InChI=1S/C14H18N2O4/c1-16(9-2-4-18-5-3-9)14(17)10-6-12-13(7-11(10)15)20-8-19-12/h6-7,9H,2-5,8,15H2,1H3. The van der Waals surface area contributed by atoms with E-state index in [9.17, 15) is 4.79 Å². The normalized spacial score (nSPS) is 18.1. The maximum atomic E-state index is 12.6. The van der Waals surface area contributed by atoms with Crippen LogP contribution in [0.15, 0.2) is 12.1 Å². The predicted octanol–water partition coefficient (Wildman–Crippen LogP) is 1.25. The van der Waals surface area contributed by atoms with Gasteiger partial charge in [-0.15, -0.1) is 0 Å². The Morgan fingerprint density at radius 2 is 1.90 bits per heavy atom. The van der Waals surface area contributed by atoms with Gasteiger partial charge in [0.1, 0.15) is 0 Å². The molecule has 2 heterocycles. The van der Waals surface area contributed by atoms with Gasteiger partial charge in [0.15, 0.2) is 11.5 Å². The molecule has 1 aromatic carbocycles. The van der Waals surface area contributed by atoms with Gasteiger partial charge in [0.05, 0.1) is 5.56 Å². The van der Waals surface area contributed by atoms with Crippen LogP contribution in [-0.2, 0) is 4.74 Å². The van der Waals surface area contributed by atoms with Gasteiger partial charge in [-0.2, -0.15) is 0 Å². The van der Waals surface area contributed by atoms with Crippen molar-refractivity contribution in [1.29, 1.82) is 0 Å². The summed E-state index contributed by atoms with van der Waals surface area (Å²) < 4.78 is 15.9. The smallest absolute Gasteiger partial charge is 0.256 e. The van der Waals surface area contributed by atoms with E-state index in [1.807, 2.05) is 7.05 Å². The Hall–Kier alpha value is -1.95. The van der Waals surface area contributed by atoms with Crippen LogP contribution in [-0.4, -0.2) is 43.9 Å². The van der Waals surface area contributed by atoms with Gasteiger partial charge in [0.2, 0.25) is 6.79 Å². The molecule has 0 saturated carbocycles. The summed E-state index contributed by atoms with van der Waals surface area (Å²) in [6, 6.07) is 3.50. The number of hydrogen-bond donors (Lipinski definition) is 1. The van der Waals surface area contributed by atoms with Crippen molar-refractivity contribution in [2.45, 2.75) is 18.9 Å². The topological polar surface area (TPSA) is 74.0 Å². The quantitative estimate of drug-likeness (QED) is 0.824. The second-order valence-electron chi connectivity index (χ2n) is 5.05. The van der Waals surface area contributed by atoms with Crippen molar-refractivity contribution in [3.05, 3.63) is 17.7 Å². The van der Waals surface area contributed by atoms with Crippen molar-refractivity contribution >= 4 is 11.6 Å². The second kappa shape index (κ2) is 5.20. The zero-order chi connectivity index (χ0) is 14.1. The maximum absolute atomic E-state index is 12.6. The Kier molecular flexibility index (Phi) is 3.40. The lowest BCUT2D eigenvalue weighted by Crippen LogP contribution is -2.40. The fraction of sp³-hybridized carbons (Fsp3) is 0.500. The summed E-state index contributed by atoms with van der Waals surface area (Å²) in [7, 11) is 1.81. The Morgan fingerprint density at radius 1 is 1.25 bits per heavy atom. The number of anilines is 1. The van der Waals surface area contributed by atoms with Gasteiger partial charge < -0.3 is 24.8 Å². The van der Waals surface area contributed by atoms with Gasteiger partial charge in [0.25, 0.3) is 5.91 Å². The minimum atomic E-state index is -0.0901. The molecule has 1 fully saturated rings. The van der Waals surface area contributed by atoms with Gasteiger partial charge in [0, 0.05) is 38.1 Å². The SMILES string of the molecule is CN(C(=O)c1cc2c(cc1N)OCO2)C1CCOCC1. The van der Waals surface area contributed by atoms with E-state index in [2.05, 4.69) is 0 Å². The third-order valence-corrected chi connectivity index (χ3v) is 3.83. The van der Waals surface area contributed by atoms with Crippen molar-refractivity contribution in [3.8, 4) is 11.5 Å². The van der Waals surface area contributed by atoms with Gasteiger partial charge in [-0.3, -0.25) is 4.79 Å². The van der Waals surface area contributed by atoms with Crippen LogP contribution in [0, 0.1) is 0 Å². The van der Waals surface area contributed by atoms with Gasteiger partial charge in [-0.1, -0.05) is 0 Å². The molecule has 6 heteroatoms. The fourth-order valence-electron chi connectivity index (χ4n) is 2.57. The fourth-order valence-corrected chi connectivity index (χ4v) is 2.57. The average molecular weight is 278 g/mol. The molecule has 0 atom stereocenters. The number of nitrogen functional groups attached to an aromatic ring is 1. The van der Waals surface area contributed by atoms with Gasteiger partial charge in [-0.05, 0) is 18.9 Å². The summed E-state index contributed by atoms with van der Waals surface area (Å²) in [5.41, 5.74) is 6.83. The number of ether oxygens (including phenoxy) is 3. The van der Waals surface area contributed by atoms with Crippen LogP contribution < -0.4 is 15.2 Å². The monoisotopic (exact) mass is 278 g/mol. The molecule has 2 aliphatic heterocycles. The summed E-state index contributed by atoms with van der Waals surface area (Å²) >= 11 is 0. The van der Waals surface area contributed by atoms with Crippen LogP contribution in [0.5, 0.6) is 11.5 Å². The first kappa shape index (κ1) is 13.1. The number of nitrogens with two attached hydrogens (primary N) is 1. The second-order valence-corrected chi connectivity index (χ2v) is 5.05. The highest BCUT2D eigenvalue weighted by atomic mass is 16.7. The molecule has 1 amide bonds. The molecule has 2 aliphatic rings. The number of fused-ring (bicyclic) bond motifs is 1. The van der Waals surface area contributed by atoms with Gasteiger partial charge in [-0.25, -0.2) is 0 Å². The van der Waals surface area contributed by atoms with E-state index >= 15 is 0 Å². The summed E-state index contributed by atoms with van der Waals surface area (Å²) in [5, 5.41) is 0. The minimum absolute atomic E-state index is 0.0901. The molecule has 3 rings (SSSR count). The Bertz CT molecular complexity index is 526. The van der Waals surface area contributed by atoms with Crippen molar-refractivity contribution in [2.75, 3.05) is 32.8 Å². The molecule has 0 spiro atoms. The van der Waals surface area contributed by atoms with Crippen molar-refractivity contribution in [2.24, 2.45) is 0 Å². The van der Waals surface area contributed by atoms with Crippen molar-refractivity contribution in [1.82, 2.24) is 4.90 Å². The number of hydrogen-bond acceptors (Lipinski definition) is 5. The zero-order valence-corrected chi connectivity index (χ0v) is 11.4. The largest absolute Gasteiger partial charge is 0.454 e. The molecule has 6 nitrogen and oxygen atoms in total. The highest BCUT2D eigenvalue weighted by molar-refractivity contribution is 6.00. The van der Waals surface area contributed by atoms with Crippen LogP contribution in [0.3, 0.4) is 0 Å². The summed E-state index contributed by atoms with van der Waals surface area (Å²) in [4.78, 5) is 14.3. The average Bonchev–Trinajstić information content (AvgIpc) is 2.93. The van der Waals surface area contributed by atoms with Crippen LogP contribution in [0.1, 0.15) is 23.2 Å². The summed E-state index contributed by atoms with van der Waals surface area (Å²) in [5.74, 6) is 1.07. The summed E-state index contributed by atoms with van der Waals surface area (Å²) in [6.45, 7) is 1.56. The van der Waals surface area contributed by atoms with Crippen LogP contribution >= 0.6 is 0 Å². The van der Waals surface area contributed by atoms with E-state index in [-0.39, 0.29) is 18.7 Å². The predicted molar refractivity (Wildman–Crippen MR) is 72.9 cm³/mol. The third kappa shape index (κ3) is 2.27. The molecule has 2 N–H and O–H groups in total. The van der Waals surface area contributed by atoms with Crippen LogP contribution in [0.25, 0.3) is 0 Å². The van der Waals surface area contributed by atoms with E-state index in [0.717, 1.165) is 12.8 Å². The molecule has 0 aromatic heterocycles.